The molecule has 2 atom stereocenters. The van der Waals surface area contributed by atoms with Gasteiger partial charge in [-0.2, -0.15) is 0 Å². The lowest BCUT2D eigenvalue weighted by molar-refractivity contribution is -0.122. The summed E-state index contributed by atoms with van der Waals surface area (Å²) in [6, 6.07) is 9.54. The highest BCUT2D eigenvalue weighted by Crippen LogP contribution is 2.21. The van der Waals surface area contributed by atoms with E-state index in [0.29, 0.717) is 0 Å². The van der Waals surface area contributed by atoms with Crippen LogP contribution >= 0.6 is 0 Å². The van der Waals surface area contributed by atoms with Gasteiger partial charge in [-0.05, 0) is 35.8 Å². The summed E-state index contributed by atoms with van der Waals surface area (Å²) in [7, 11) is 0. The van der Waals surface area contributed by atoms with E-state index in [-0.39, 0.29) is 6.47 Å². The second kappa shape index (κ2) is 16.2. The Kier molecular flexibility index (Phi) is 15.3. The van der Waals surface area contributed by atoms with Crippen LogP contribution in [0.1, 0.15) is 90.2 Å². The molecule has 1 aromatic rings. The summed E-state index contributed by atoms with van der Waals surface area (Å²) in [4.78, 5) is 8.36. The number of rotatable bonds is 12. The number of carbonyl (C=O) groups is 1. The van der Waals surface area contributed by atoms with E-state index in [4.69, 9.17) is 9.90 Å². The zero-order valence-corrected chi connectivity index (χ0v) is 17.0. The highest BCUT2D eigenvalue weighted by molar-refractivity contribution is 5.32. The second-order valence-electron chi connectivity index (χ2n) is 7.16. The summed E-state index contributed by atoms with van der Waals surface area (Å²) in [5.41, 5.74) is 3.07. The summed E-state index contributed by atoms with van der Waals surface area (Å²) in [6.07, 6.45) is 13.4. The number of hydrogen-bond acceptors (Lipinski definition) is 1. The summed E-state index contributed by atoms with van der Waals surface area (Å²) in [5.74, 6) is 1.75. The van der Waals surface area contributed by atoms with Gasteiger partial charge in [-0.25, -0.2) is 0 Å². The molecule has 2 nitrogen and oxygen atoms in total. The SMILES string of the molecule is CCCCC(CC)Cc1ccc(CC(CC)CCCC)cc1.O=CO. The minimum Gasteiger partial charge on any atom is -0.483 e. The van der Waals surface area contributed by atoms with Gasteiger partial charge in [-0.15, -0.1) is 0 Å². The predicted octanol–water partition coefficient (Wildman–Crippen LogP) is 6.91. The first-order chi connectivity index (χ1) is 12.1. The number of carboxylic acid groups (broad SMARTS) is 1. The van der Waals surface area contributed by atoms with Crippen molar-refractivity contribution in [2.75, 3.05) is 0 Å². The first kappa shape index (κ1) is 23.7. The summed E-state index contributed by atoms with van der Waals surface area (Å²) >= 11 is 0. The molecule has 1 aromatic carbocycles. The van der Waals surface area contributed by atoms with Gasteiger partial charge in [0.15, 0.2) is 0 Å². The Morgan fingerprint density at radius 1 is 0.800 bits per heavy atom. The molecule has 0 aromatic heterocycles. The van der Waals surface area contributed by atoms with Crippen molar-refractivity contribution >= 4 is 6.47 Å². The largest absolute Gasteiger partial charge is 0.483 e. The van der Waals surface area contributed by atoms with Crippen LogP contribution in [0.5, 0.6) is 0 Å². The molecule has 25 heavy (non-hydrogen) atoms. The monoisotopic (exact) mass is 348 g/mol. The molecule has 0 saturated heterocycles. The zero-order chi connectivity index (χ0) is 18.9. The molecule has 0 aliphatic heterocycles. The third kappa shape index (κ3) is 11.8. The smallest absolute Gasteiger partial charge is 0.290 e. The molecular formula is C23H40O2. The molecule has 2 heteroatoms. The van der Waals surface area contributed by atoms with E-state index >= 15 is 0 Å². The average Bonchev–Trinajstić information content (AvgIpc) is 2.64. The van der Waals surface area contributed by atoms with Gasteiger partial charge < -0.3 is 5.11 Å². The van der Waals surface area contributed by atoms with E-state index in [2.05, 4.69) is 52.0 Å². The highest BCUT2D eigenvalue weighted by Gasteiger charge is 2.09. The van der Waals surface area contributed by atoms with Gasteiger partial charge in [-0.3, -0.25) is 4.79 Å². The maximum absolute atomic E-state index is 8.36. The average molecular weight is 349 g/mol. The molecule has 0 amide bonds. The van der Waals surface area contributed by atoms with Crippen LogP contribution in [0, 0.1) is 11.8 Å². The molecule has 2 unspecified atom stereocenters. The molecule has 0 aliphatic rings. The molecule has 1 rings (SSSR count). The second-order valence-corrected chi connectivity index (χ2v) is 7.16. The van der Waals surface area contributed by atoms with Crippen LogP contribution < -0.4 is 0 Å². The molecule has 0 bridgehead atoms. The van der Waals surface area contributed by atoms with E-state index in [1.807, 2.05) is 0 Å². The van der Waals surface area contributed by atoms with E-state index in [9.17, 15) is 0 Å². The maximum atomic E-state index is 8.36. The summed E-state index contributed by atoms with van der Waals surface area (Å²) in [5, 5.41) is 6.89. The molecule has 1 N–H and O–H groups in total. The van der Waals surface area contributed by atoms with Gasteiger partial charge >= 0.3 is 0 Å². The molecular weight excluding hydrogens is 308 g/mol. The van der Waals surface area contributed by atoms with Crippen LogP contribution in [-0.4, -0.2) is 11.6 Å². The topological polar surface area (TPSA) is 37.3 Å². The van der Waals surface area contributed by atoms with Crippen molar-refractivity contribution in [3.8, 4) is 0 Å². The lowest BCUT2D eigenvalue weighted by Crippen LogP contribution is -2.05. The maximum Gasteiger partial charge on any atom is 0.290 e. The van der Waals surface area contributed by atoms with Crippen LogP contribution in [0.15, 0.2) is 24.3 Å². The Labute approximate surface area is 156 Å². The number of unbranched alkanes of at least 4 members (excludes halogenated alkanes) is 2. The van der Waals surface area contributed by atoms with Crippen molar-refractivity contribution in [1.82, 2.24) is 0 Å². The fourth-order valence-corrected chi connectivity index (χ4v) is 3.36. The van der Waals surface area contributed by atoms with Crippen LogP contribution in [0.25, 0.3) is 0 Å². The molecule has 0 heterocycles. The van der Waals surface area contributed by atoms with Crippen LogP contribution in [0.3, 0.4) is 0 Å². The summed E-state index contributed by atoms with van der Waals surface area (Å²) in [6.45, 7) is 9.02. The highest BCUT2D eigenvalue weighted by atomic mass is 16.3. The standard InChI is InChI=1S/C22H38.CH2O2/c1-5-9-11-19(7-3)17-21-13-15-22(16-14-21)18-20(8-4)12-10-6-2;2-1-3/h13-16,19-20H,5-12,17-18H2,1-4H3;1H,(H,2,3). The molecule has 0 fully saturated rings. The fourth-order valence-electron chi connectivity index (χ4n) is 3.36. The Bertz CT molecular complexity index is 374. The quantitative estimate of drug-likeness (QED) is 0.417. The summed E-state index contributed by atoms with van der Waals surface area (Å²) < 4.78 is 0. The molecule has 0 spiro atoms. The molecule has 0 radical (unpaired) electrons. The lowest BCUT2D eigenvalue weighted by Gasteiger charge is -2.16. The van der Waals surface area contributed by atoms with Crippen molar-refractivity contribution in [3.05, 3.63) is 35.4 Å². The van der Waals surface area contributed by atoms with Gasteiger partial charge in [0.25, 0.3) is 6.47 Å². The Morgan fingerprint density at radius 2 is 1.12 bits per heavy atom. The van der Waals surface area contributed by atoms with E-state index in [1.54, 1.807) is 0 Å². The van der Waals surface area contributed by atoms with Crippen LogP contribution in [-0.2, 0) is 17.6 Å². The zero-order valence-electron chi connectivity index (χ0n) is 17.0. The Hall–Kier alpha value is -1.31. The first-order valence-electron chi connectivity index (χ1n) is 10.3. The van der Waals surface area contributed by atoms with Crippen molar-refractivity contribution in [2.45, 2.75) is 91.9 Å². The van der Waals surface area contributed by atoms with E-state index in [1.165, 1.54) is 75.3 Å². The third-order valence-corrected chi connectivity index (χ3v) is 5.16. The van der Waals surface area contributed by atoms with Crippen molar-refractivity contribution in [2.24, 2.45) is 11.8 Å². The van der Waals surface area contributed by atoms with Crippen molar-refractivity contribution in [3.63, 3.8) is 0 Å². The van der Waals surface area contributed by atoms with E-state index in [0.717, 1.165) is 11.8 Å². The van der Waals surface area contributed by atoms with E-state index < -0.39 is 0 Å². The van der Waals surface area contributed by atoms with Gasteiger partial charge in [0.05, 0.1) is 0 Å². The van der Waals surface area contributed by atoms with Crippen molar-refractivity contribution < 1.29 is 9.90 Å². The predicted molar refractivity (Wildman–Crippen MR) is 109 cm³/mol. The lowest BCUT2D eigenvalue weighted by atomic mass is 9.89. The normalized spacial score (nSPS) is 12.8. The minimum atomic E-state index is -0.250. The molecule has 0 saturated carbocycles. The van der Waals surface area contributed by atoms with Crippen LogP contribution in [0.4, 0.5) is 0 Å². The molecule has 0 aliphatic carbocycles. The number of benzene rings is 1. The first-order valence-corrected chi connectivity index (χ1v) is 10.3. The van der Waals surface area contributed by atoms with Crippen LogP contribution in [0.2, 0.25) is 0 Å². The minimum absolute atomic E-state index is 0.250. The van der Waals surface area contributed by atoms with Gasteiger partial charge in [0, 0.05) is 0 Å². The number of hydrogen-bond donors (Lipinski definition) is 1. The van der Waals surface area contributed by atoms with Gasteiger partial charge in [0.2, 0.25) is 0 Å². The van der Waals surface area contributed by atoms with Crippen molar-refractivity contribution in [1.29, 1.82) is 0 Å². The third-order valence-electron chi connectivity index (χ3n) is 5.16. The van der Waals surface area contributed by atoms with Gasteiger partial charge in [-0.1, -0.05) is 103 Å². The Balaban J connectivity index is 0.00000178. The fraction of sp³-hybridized carbons (Fsp3) is 0.696. The van der Waals surface area contributed by atoms with Gasteiger partial charge in [0.1, 0.15) is 0 Å². The molecule has 144 valence electrons. The Morgan fingerprint density at radius 3 is 1.36 bits per heavy atom.